The predicted octanol–water partition coefficient (Wildman–Crippen LogP) is 2.76. The molecule has 0 atom stereocenters. The zero-order valence-electron chi connectivity index (χ0n) is 5.41. The van der Waals surface area contributed by atoms with E-state index in [-0.39, 0.29) is 5.75 Å². The average molecular weight is 230 g/mol. The largest absolute Gasteiger partial charge is 0.505 e. The Morgan fingerprint density at radius 1 is 1.55 bits per heavy atom. The highest BCUT2D eigenvalue weighted by Crippen LogP contribution is 2.33. The molecule has 11 heavy (non-hydrogen) atoms. The van der Waals surface area contributed by atoms with Gasteiger partial charge in [-0.3, -0.25) is 4.98 Å². The molecule has 0 aliphatic carbocycles. The number of fused-ring (bicyclic) bond motifs is 1. The van der Waals surface area contributed by atoms with E-state index >= 15 is 0 Å². The number of halogens is 1. The first-order valence-corrected chi connectivity index (χ1v) is 4.67. The summed E-state index contributed by atoms with van der Waals surface area (Å²) in [4.78, 5) is 4.11. The Labute approximate surface area is 75.6 Å². The van der Waals surface area contributed by atoms with Crippen molar-refractivity contribution in [2.24, 2.45) is 0 Å². The molecule has 0 aliphatic rings. The van der Waals surface area contributed by atoms with Crippen molar-refractivity contribution in [1.29, 1.82) is 0 Å². The van der Waals surface area contributed by atoms with Crippen molar-refractivity contribution in [3.8, 4) is 5.75 Å². The summed E-state index contributed by atoms with van der Waals surface area (Å²) >= 11 is 4.68. The van der Waals surface area contributed by atoms with Gasteiger partial charge in [-0.1, -0.05) is 0 Å². The van der Waals surface area contributed by atoms with E-state index in [1.807, 2.05) is 11.4 Å². The Hall–Kier alpha value is -0.610. The molecule has 2 nitrogen and oxygen atoms in total. The number of aromatic nitrogens is 1. The van der Waals surface area contributed by atoms with Crippen molar-refractivity contribution >= 4 is 37.5 Å². The summed E-state index contributed by atoms with van der Waals surface area (Å²) in [5, 5.41) is 11.4. The first-order valence-electron chi connectivity index (χ1n) is 2.99. The van der Waals surface area contributed by atoms with E-state index in [9.17, 15) is 5.11 Å². The van der Waals surface area contributed by atoms with Gasteiger partial charge in [0.15, 0.2) is 5.75 Å². The zero-order chi connectivity index (χ0) is 7.84. The normalized spacial score (nSPS) is 10.6. The maximum absolute atomic E-state index is 9.47. The van der Waals surface area contributed by atoms with Crippen LogP contribution < -0.4 is 0 Å². The van der Waals surface area contributed by atoms with Gasteiger partial charge in [0.05, 0.1) is 14.7 Å². The van der Waals surface area contributed by atoms with Gasteiger partial charge in [-0.05, 0) is 27.4 Å². The highest BCUT2D eigenvalue weighted by atomic mass is 79.9. The third-order valence-electron chi connectivity index (χ3n) is 1.40. The topological polar surface area (TPSA) is 33.1 Å². The second kappa shape index (κ2) is 2.46. The number of aromatic hydroxyl groups is 1. The Balaban J connectivity index is 2.93. The summed E-state index contributed by atoms with van der Waals surface area (Å²) in [5.74, 6) is 0.282. The van der Waals surface area contributed by atoms with Crippen LogP contribution in [0.3, 0.4) is 0 Å². The van der Waals surface area contributed by atoms with E-state index in [1.165, 1.54) is 11.3 Å². The third-order valence-corrected chi connectivity index (χ3v) is 2.89. The Bertz CT molecular complexity index is 398. The molecule has 0 aromatic carbocycles. The number of pyridine rings is 1. The Morgan fingerprint density at radius 2 is 2.36 bits per heavy atom. The molecule has 0 saturated heterocycles. The number of nitrogens with zero attached hydrogens (tertiary/aromatic N) is 1. The maximum atomic E-state index is 9.47. The van der Waals surface area contributed by atoms with Crippen LogP contribution in [0.2, 0.25) is 0 Å². The molecule has 0 amide bonds. The van der Waals surface area contributed by atoms with Crippen molar-refractivity contribution < 1.29 is 5.11 Å². The van der Waals surface area contributed by atoms with Gasteiger partial charge in [0.2, 0.25) is 0 Å². The van der Waals surface area contributed by atoms with E-state index in [2.05, 4.69) is 20.9 Å². The lowest BCUT2D eigenvalue weighted by atomic mass is 10.4. The third kappa shape index (κ3) is 1.02. The van der Waals surface area contributed by atoms with E-state index in [4.69, 9.17) is 0 Å². The molecule has 0 fully saturated rings. The molecule has 0 spiro atoms. The van der Waals surface area contributed by atoms with Gasteiger partial charge >= 0.3 is 0 Å². The van der Waals surface area contributed by atoms with Crippen LogP contribution in [0.1, 0.15) is 0 Å². The lowest BCUT2D eigenvalue weighted by Gasteiger charge is -1.95. The van der Waals surface area contributed by atoms with E-state index in [0.717, 1.165) is 10.2 Å². The molecule has 0 unspecified atom stereocenters. The molecule has 0 bridgehead atoms. The van der Waals surface area contributed by atoms with Crippen LogP contribution in [0, 0.1) is 0 Å². The molecule has 0 radical (unpaired) electrons. The van der Waals surface area contributed by atoms with Crippen molar-refractivity contribution in [2.45, 2.75) is 0 Å². The monoisotopic (exact) mass is 229 g/mol. The lowest BCUT2D eigenvalue weighted by molar-refractivity contribution is 0.478. The molecule has 0 aliphatic heterocycles. The Kier molecular flexibility index (Phi) is 1.58. The second-order valence-corrected chi connectivity index (χ2v) is 3.86. The van der Waals surface area contributed by atoms with Crippen molar-refractivity contribution in [3.63, 3.8) is 0 Å². The van der Waals surface area contributed by atoms with E-state index < -0.39 is 0 Å². The second-order valence-electron chi connectivity index (χ2n) is 2.09. The summed E-state index contributed by atoms with van der Waals surface area (Å²) in [6.07, 6.45) is 1.60. The predicted molar refractivity (Wildman–Crippen MR) is 49.0 cm³/mol. The van der Waals surface area contributed by atoms with Crippen molar-refractivity contribution in [2.75, 3.05) is 0 Å². The van der Waals surface area contributed by atoms with E-state index in [1.54, 1.807) is 6.20 Å². The lowest BCUT2D eigenvalue weighted by Crippen LogP contribution is -1.73. The molecule has 0 saturated carbocycles. The summed E-state index contributed by atoms with van der Waals surface area (Å²) in [7, 11) is 0. The summed E-state index contributed by atoms with van der Waals surface area (Å²) in [6, 6.07) is 1.88. The molecule has 56 valence electrons. The fraction of sp³-hybridized carbons (Fsp3) is 0. The summed E-state index contributed by atoms with van der Waals surface area (Å²) < 4.78 is 1.48. The van der Waals surface area contributed by atoms with Crippen LogP contribution in [-0.2, 0) is 0 Å². The highest BCUT2D eigenvalue weighted by molar-refractivity contribution is 9.10. The molecule has 1 N–H and O–H groups in total. The number of hydrogen-bond donors (Lipinski definition) is 1. The fourth-order valence-electron chi connectivity index (χ4n) is 0.877. The summed E-state index contributed by atoms with van der Waals surface area (Å²) in [6.45, 7) is 0. The smallest absolute Gasteiger partial charge is 0.150 e. The molecular formula is C7H4BrNOS. The van der Waals surface area contributed by atoms with Crippen LogP contribution >= 0.6 is 27.3 Å². The van der Waals surface area contributed by atoms with Crippen LogP contribution in [0.15, 0.2) is 22.1 Å². The van der Waals surface area contributed by atoms with Crippen LogP contribution in [0.25, 0.3) is 10.2 Å². The van der Waals surface area contributed by atoms with Gasteiger partial charge in [-0.15, -0.1) is 11.3 Å². The molecule has 2 aromatic rings. The summed E-state index contributed by atoms with van der Waals surface area (Å²) in [5.41, 5.74) is 0.843. The van der Waals surface area contributed by atoms with Gasteiger partial charge in [-0.25, -0.2) is 0 Å². The van der Waals surface area contributed by atoms with Crippen molar-refractivity contribution in [3.05, 3.63) is 22.1 Å². The van der Waals surface area contributed by atoms with Crippen molar-refractivity contribution in [1.82, 2.24) is 4.98 Å². The van der Waals surface area contributed by atoms with Gasteiger partial charge in [0.25, 0.3) is 0 Å². The number of rotatable bonds is 0. The van der Waals surface area contributed by atoms with Gasteiger partial charge < -0.3 is 5.11 Å². The van der Waals surface area contributed by atoms with Gasteiger partial charge in [0, 0.05) is 6.20 Å². The first kappa shape index (κ1) is 7.06. The van der Waals surface area contributed by atoms with E-state index in [0.29, 0.717) is 4.47 Å². The number of thiophene rings is 1. The minimum Gasteiger partial charge on any atom is -0.505 e. The van der Waals surface area contributed by atoms with Gasteiger partial charge in [0.1, 0.15) is 0 Å². The van der Waals surface area contributed by atoms with Gasteiger partial charge in [-0.2, -0.15) is 0 Å². The number of hydrogen-bond acceptors (Lipinski definition) is 3. The minimum atomic E-state index is 0.282. The highest BCUT2D eigenvalue weighted by Gasteiger charge is 2.04. The standard InChI is InChI=1S/C7H4BrNOS/c8-4-3-9-5-1-2-11-7(5)6(4)10/h1-3H,(H,9,10). The molecule has 2 aromatic heterocycles. The average Bonchev–Trinajstić information content (AvgIpc) is 2.45. The van der Waals surface area contributed by atoms with Crippen LogP contribution in [-0.4, -0.2) is 10.1 Å². The first-order chi connectivity index (χ1) is 5.29. The fourth-order valence-corrected chi connectivity index (χ4v) is 2.11. The molecule has 2 heterocycles. The molecule has 2 rings (SSSR count). The quantitative estimate of drug-likeness (QED) is 0.754. The van der Waals surface area contributed by atoms with Crippen LogP contribution in [0.4, 0.5) is 0 Å². The molecule has 4 heteroatoms. The SMILES string of the molecule is Oc1c(Br)cnc2ccsc12. The maximum Gasteiger partial charge on any atom is 0.150 e. The zero-order valence-corrected chi connectivity index (χ0v) is 7.82. The minimum absolute atomic E-state index is 0.282. The van der Waals surface area contributed by atoms with Crippen LogP contribution in [0.5, 0.6) is 5.75 Å². The molecular weight excluding hydrogens is 226 g/mol. The Morgan fingerprint density at radius 3 is 3.18 bits per heavy atom.